The Labute approximate surface area is 825 Å². The monoisotopic (exact) mass is 1900 g/mol. The smallest absolute Gasteiger partial charge is 0.0989 e. The van der Waals surface area contributed by atoms with Crippen molar-refractivity contribution in [1.82, 2.24) is 98.9 Å². The predicted molar refractivity (Wildman–Crippen MR) is 581 cm³/mol. The fourth-order valence-corrected chi connectivity index (χ4v) is 20.7. The van der Waals surface area contributed by atoms with E-state index in [-0.39, 0.29) is 0 Å². The summed E-state index contributed by atoms with van der Waals surface area (Å²) >= 11 is 6.14. The van der Waals surface area contributed by atoms with Crippen LogP contribution in [0.25, 0.3) is 10.9 Å². The van der Waals surface area contributed by atoms with E-state index in [2.05, 4.69) is 308 Å². The van der Waals surface area contributed by atoms with Crippen molar-refractivity contribution in [1.29, 1.82) is 0 Å². The van der Waals surface area contributed by atoms with E-state index in [4.69, 9.17) is 14.2 Å². The third kappa shape index (κ3) is 62.7. The number of hydrogen-bond donors (Lipinski definition) is 3. The second kappa shape index (κ2) is 79.2. The molecule has 3 aromatic rings. The molecular formula is C106H206N20O3S3. The number of hydrogen-bond acceptors (Lipinski definition) is 25. The van der Waals surface area contributed by atoms with Gasteiger partial charge in [-0.15, -0.1) is 11.8 Å². The van der Waals surface area contributed by atoms with Gasteiger partial charge in [0, 0.05) is 209 Å². The Morgan fingerprint density at radius 2 is 0.727 bits per heavy atom. The zero-order valence-corrected chi connectivity index (χ0v) is 90.9. The van der Waals surface area contributed by atoms with Crippen LogP contribution in [0.2, 0.25) is 0 Å². The van der Waals surface area contributed by atoms with Crippen LogP contribution in [0.3, 0.4) is 0 Å². The predicted octanol–water partition coefficient (Wildman–Crippen LogP) is 13.1. The number of morpholine rings is 1. The fraction of sp³-hybridized carbons (Fsp3) is 0.830. The molecule has 13 saturated heterocycles. The lowest BCUT2D eigenvalue weighted by Crippen LogP contribution is -2.44. The fourth-order valence-electron chi connectivity index (χ4n) is 17.6. The summed E-state index contributed by atoms with van der Waals surface area (Å²) in [4.78, 5) is 43.4. The van der Waals surface area contributed by atoms with Gasteiger partial charge in [0.2, 0.25) is 0 Å². The average molecular weight is 1910 g/mol. The maximum Gasteiger partial charge on any atom is 0.0989 e. The van der Waals surface area contributed by atoms with Gasteiger partial charge < -0.3 is 98.4 Å². The zero-order chi connectivity index (χ0) is 95.1. The van der Waals surface area contributed by atoms with Gasteiger partial charge >= 0.3 is 0 Å². The minimum atomic E-state index is 0.819. The standard InChI is InChI=1S/C12H14N2.C10H19N.C10H13N.C7H15N.C6H14N2.C6H13NO.C6H13NS.C6H13N.C6H11N.C5H12N2.C5H11NO.C5H11NS.C5H11N.C5H9N.C4H9NO.C4H9NS.C4H9N/c1-14-7-6-10-9-4-2-3-5-11(9)13-12(10)8-14;1-11-8-4-6-9-5-2-3-7-10(9)11;1-11-7-6-9-4-2-3-5-10(9)8-11;1-8-6-4-2-3-5-7-8;1-8-5-2-3-7-4-6-8;2*1-7-3-2-5-8-6-4-7;2*1-7-5-3-2-4-6-7;1-7-4-2-6-3-5-7;2*1-6-2-4-7-5-3-6;2*1-6-4-2-3-5-6;2*1-5-2-3-6-4-5;1-5-3-2-4-5/h2-5,13H,6-8H2,1H3;9-10H,2-8H2,1H3;2-5H,6-8H2,1H3;2-7H2,1H3;7H,2-6H2,1H3;2*2-6H2,1H3;2-6H2,1H3;2-3H,4-6H2,1H3;6H,2-5H2,1H3;2*2-5H2,1H3;2-5H2,1H3;2-3H,4-5H2,1H3;2*2-4H2,1H3;2-4H2,1H3. The summed E-state index contributed by atoms with van der Waals surface area (Å²) in [6, 6.07) is 18.3. The number of likely N-dealkylation sites (tertiary alicyclic amines) is 5. The Hall–Kier alpha value is -2.37. The molecule has 0 spiro atoms. The number of piperazine rings is 1. The molecule has 23 nitrogen and oxygen atoms in total. The Morgan fingerprint density at radius 1 is 0.288 bits per heavy atom. The third-order valence-electron chi connectivity index (χ3n) is 27.1. The molecule has 0 radical (unpaired) electrons. The van der Waals surface area contributed by atoms with Gasteiger partial charge in [0.1, 0.15) is 0 Å². The van der Waals surface area contributed by atoms with Crippen molar-refractivity contribution >= 4 is 46.2 Å². The summed E-state index contributed by atoms with van der Waals surface area (Å²) in [5, 5.41) is 8.02. The summed E-state index contributed by atoms with van der Waals surface area (Å²) < 4.78 is 15.3. The Morgan fingerprint density at radius 3 is 1.22 bits per heavy atom. The molecule has 2 atom stereocenters. The number of H-pyrrole nitrogens is 1. The number of rotatable bonds is 0. The summed E-state index contributed by atoms with van der Waals surface area (Å²) in [6.45, 7) is 48.1. The molecule has 14 fully saturated rings. The lowest BCUT2D eigenvalue weighted by atomic mass is 9.79. The molecule has 766 valence electrons. The molecule has 3 N–H and O–H groups in total. The van der Waals surface area contributed by atoms with Crippen molar-refractivity contribution in [3.8, 4) is 0 Å². The molecule has 1 aromatic heterocycles. The second-order valence-corrected chi connectivity index (χ2v) is 43.7. The number of piperidine rings is 2. The molecule has 2 unspecified atom stereocenters. The SMILES string of the molecule is CN1CC=CC1.CN1CC=CCC1.CN1CCC1.CN1CCCC1.CN1CCCC2CCCCC21.CN1CCCCC1.CN1CCCCCC1.CN1CCCNCC1.CN1CCCOCC1.CN1CCCSCC1.CN1CCNCC1.CN1CCOC1.CN1CCOCC1.CN1CCSC1.CN1CCSCC1.CN1CCc2c([nH]c3ccccc23)C1.CN1CCc2ccccc2C1. The topological polar surface area (TPSA) is 123 Å². The van der Waals surface area contributed by atoms with E-state index in [9.17, 15) is 0 Å². The van der Waals surface area contributed by atoms with Gasteiger partial charge in [-0.3, -0.25) is 14.7 Å². The van der Waals surface area contributed by atoms with Gasteiger partial charge in [-0.05, 0) is 342 Å². The zero-order valence-electron chi connectivity index (χ0n) is 88.4. The molecule has 0 amide bonds. The summed E-state index contributed by atoms with van der Waals surface area (Å²) in [5.74, 6) is 8.98. The van der Waals surface area contributed by atoms with E-state index in [1.54, 1.807) is 0 Å². The van der Waals surface area contributed by atoms with E-state index in [0.29, 0.717) is 0 Å². The summed E-state index contributed by atoms with van der Waals surface area (Å²) in [6.07, 6.45) is 39.4. The van der Waals surface area contributed by atoms with Crippen LogP contribution in [-0.2, 0) is 40.1 Å². The first-order valence-electron chi connectivity index (χ1n) is 52.6. The van der Waals surface area contributed by atoms with Crippen LogP contribution in [0.1, 0.15) is 151 Å². The normalized spacial score (nSPS) is 24.8. The number of fused-ring (bicyclic) bond motifs is 5. The van der Waals surface area contributed by atoms with Crippen molar-refractivity contribution < 1.29 is 14.2 Å². The van der Waals surface area contributed by atoms with Crippen molar-refractivity contribution in [2.24, 2.45) is 5.92 Å². The molecule has 18 aliphatic rings. The highest BCUT2D eigenvalue weighted by Crippen LogP contribution is 2.34. The van der Waals surface area contributed by atoms with Crippen LogP contribution in [0.4, 0.5) is 0 Å². The van der Waals surface area contributed by atoms with Gasteiger partial charge in [0.05, 0.1) is 33.2 Å². The lowest BCUT2D eigenvalue weighted by molar-refractivity contribution is 0.0503. The first-order valence-corrected chi connectivity index (χ1v) is 56.1. The Bertz CT molecular complexity index is 2950. The van der Waals surface area contributed by atoms with Crippen LogP contribution >= 0.6 is 35.3 Å². The number of benzene rings is 2. The molecule has 1 aliphatic carbocycles. The Kier molecular flexibility index (Phi) is 72.1. The van der Waals surface area contributed by atoms with E-state index in [1.165, 1.54) is 360 Å². The van der Waals surface area contributed by atoms with E-state index in [1.807, 2.05) is 18.8 Å². The quantitative estimate of drug-likeness (QED) is 0.185. The van der Waals surface area contributed by atoms with Crippen LogP contribution in [0, 0.1) is 5.92 Å². The lowest BCUT2D eigenvalue weighted by Gasteiger charge is -2.42. The van der Waals surface area contributed by atoms with Gasteiger partial charge in [-0.25, -0.2) is 0 Å². The number of nitrogens with zero attached hydrogens (tertiary/aromatic N) is 17. The third-order valence-corrected chi connectivity index (χ3v) is 30.2. The number of likely N-dealkylation sites (N-methyl/N-ethyl adjacent to an activating group) is 9. The van der Waals surface area contributed by atoms with Crippen LogP contribution < -0.4 is 10.6 Å². The molecule has 2 aromatic carbocycles. The number of aromatic amines is 1. The van der Waals surface area contributed by atoms with Crippen molar-refractivity contribution in [3.05, 3.63) is 95.2 Å². The first kappa shape index (κ1) is 120. The number of aromatic nitrogens is 1. The van der Waals surface area contributed by atoms with Crippen molar-refractivity contribution in [2.45, 2.75) is 160 Å². The van der Waals surface area contributed by atoms with Crippen molar-refractivity contribution in [2.75, 3.05) is 410 Å². The maximum atomic E-state index is 5.22. The van der Waals surface area contributed by atoms with Crippen LogP contribution in [-0.4, -0.2) is 505 Å². The molecule has 0 bridgehead atoms. The van der Waals surface area contributed by atoms with Gasteiger partial charge in [0.15, 0.2) is 0 Å². The van der Waals surface area contributed by atoms with E-state index in [0.717, 1.165) is 130 Å². The van der Waals surface area contributed by atoms with Gasteiger partial charge in [-0.1, -0.05) is 98.9 Å². The van der Waals surface area contributed by atoms with Crippen molar-refractivity contribution in [3.63, 3.8) is 0 Å². The average Bonchev–Trinajstić information content (AvgIpc) is 1.64. The largest absolute Gasteiger partial charge is 0.380 e. The second-order valence-electron chi connectivity index (χ2n) is 40.1. The van der Waals surface area contributed by atoms with Gasteiger partial charge in [-0.2, -0.15) is 23.5 Å². The molecule has 132 heavy (non-hydrogen) atoms. The minimum Gasteiger partial charge on any atom is -0.380 e. The number of para-hydroxylation sites is 1. The number of nitrogens with one attached hydrogen (secondary N) is 3. The van der Waals surface area contributed by atoms with Crippen LogP contribution in [0.15, 0.2) is 72.8 Å². The molecule has 17 aliphatic heterocycles. The number of ether oxygens (including phenoxy) is 3. The number of thioether (sulfide) groups is 3. The molecule has 21 rings (SSSR count). The highest BCUT2D eigenvalue weighted by atomic mass is 32.2. The molecule has 26 heteroatoms. The minimum absolute atomic E-state index is 0.819. The molecule has 18 heterocycles. The van der Waals surface area contributed by atoms with Gasteiger partial charge in [0.25, 0.3) is 0 Å². The first-order chi connectivity index (χ1) is 64.1. The van der Waals surface area contributed by atoms with Crippen LogP contribution in [0.5, 0.6) is 0 Å². The highest BCUT2D eigenvalue weighted by Gasteiger charge is 2.31. The molecule has 1 saturated carbocycles. The highest BCUT2D eigenvalue weighted by molar-refractivity contribution is 7.99. The molecular weight excluding hydrogens is 1700 g/mol. The summed E-state index contributed by atoms with van der Waals surface area (Å²) in [5.41, 5.74) is 7.25. The van der Waals surface area contributed by atoms with E-state index < -0.39 is 0 Å². The summed E-state index contributed by atoms with van der Waals surface area (Å²) in [7, 11) is 36.8. The maximum absolute atomic E-state index is 5.22. The van der Waals surface area contributed by atoms with E-state index >= 15 is 0 Å². The Balaban J connectivity index is 0.000000250.